The van der Waals surface area contributed by atoms with Crippen molar-refractivity contribution >= 4 is 6.08 Å². The van der Waals surface area contributed by atoms with Crippen LogP contribution in [0.3, 0.4) is 0 Å². The first kappa shape index (κ1) is 15.3. The Morgan fingerprint density at radius 3 is 2.40 bits per heavy atom. The summed E-state index contributed by atoms with van der Waals surface area (Å²) in [6, 6.07) is 8.87. The predicted molar refractivity (Wildman–Crippen MR) is 85.5 cm³/mol. The zero-order chi connectivity index (χ0) is 14.2. The minimum absolute atomic E-state index is 0.300. The van der Waals surface area contributed by atoms with Crippen LogP contribution in [0, 0.1) is 5.92 Å². The van der Waals surface area contributed by atoms with Gasteiger partial charge >= 0.3 is 0 Å². The number of aliphatic hydroxyl groups excluding tert-OH is 1. The molecule has 1 aromatic rings. The minimum atomic E-state index is 0.300. The molecule has 1 aliphatic carbocycles. The second-order valence-electron chi connectivity index (χ2n) is 5.90. The van der Waals surface area contributed by atoms with Gasteiger partial charge in [0.1, 0.15) is 0 Å². The largest absolute Gasteiger partial charge is 0.396 e. The Kier molecular flexibility index (Phi) is 6.28. The Hall–Kier alpha value is -1.12. The van der Waals surface area contributed by atoms with Crippen molar-refractivity contribution in [1.82, 2.24) is 0 Å². The lowest BCUT2D eigenvalue weighted by Crippen LogP contribution is -2.17. The lowest BCUT2D eigenvalue weighted by molar-refractivity contribution is 0.284. The van der Waals surface area contributed by atoms with Crippen LogP contribution in [0.5, 0.6) is 0 Å². The molecule has 1 saturated carbocycles. The molecule has 1 aromatic carbocycles. The molecule has 0 aromatic heterocycles. The van der Waals surface area contributed by atoms with E-state index in [4.69, 9.17) is 10.8 Å². The highest BCUT2D eigenvalue weighted by atomic mass is 16.2. The highest BCUT2D eigenvalue weighted by molar-refractivity contribution is 5.53. The second-order valence-corrected chi connectivity index (χ2v) is 5.90. The minimum Gasteiger partial charge on any atom is -0.396 e. The summed E-state index contributed by atoms with van der Waals surface area (Å²) in [4.78, 5) is 0. The van der Waals surface area contributed by atoms with E-state index in [1.54, 1.807) is 5.57 Å². The topological polar surface area (TPSA) is 46.2 Å². The van der Waals surface area contributed by atoms with Gasteiger partial charge in [0.15, 0.2) is 0 Å². The van der Waals surface area contributed by atoms with Crippen LogP contribution in [0.1, 0.15) is 49.7 Å². The fourth-order valence-corrected chi connectivity index (χ4v) is 2.89. The molecule has 0 bridgehead atoms. The monoisotopic (exact) mass is 273 g/mol. The average Bonchev–Trinajstić information content (AvgIpc) is 2.50. The molecule has 0 amide bonds. The van der Waals surface area contributed by atoms with Gasteiger partial charge < -0.3 is 10.8 Å². The summed E-state index contributed by atoms with van der Waals surface area (Å²) in [7, 11) is 0. The van der Waals surface area contributed by atoms with Gasteiger partial charge in [0.25, 0.3) is 0 Å². The predicted octanol–water partition coefficient (Wildman–Crippen LogP) is 3.53. The molecule has 0 saturated heterocycles. The van der Waals surface area contributed by atoms with E-state index in [9.17, 15) is 0 Å². The fraction of sp³-hybridized carbons (Fsp3) is 0.556. The molecule has 2 heteroatoms. The van der Waals surface area contributed by atoms with Crippen molar-refractivity contribution in [2.45, 2.75) is 44.9 Å². The van der Waals surface area contributed by atoms with E-state index in [1.807, 2.05) is 0 Å². The summed E-state index contributed by atoms with van der Waals surface area (Å²) in [6.45, 7) is 1.14. The number of benzene rings is 1. The molecule has 2 nitrogen and oxygen atoms in total. The maximum absolute atomic E-state index is 8.79. The van der Waals surface area contributed by atoms with E-state index in [1.165, 1.54) is 36.8 Å². The Balaban J connectivity index is 1.87. The van der Waals surface area contributed by atoms with Crippen LogP contribution in [0.15, 0.2) is 29.8 Å². The maximum atomic E-state index is 8.79. The SMILES string of the molecule is NCC1CCC(=Cc2ccc(CCCCO)cc2)CC1. The summed E-state index contributed by atoms with van der Waals surface area (Å²) in [5, 5.41) is 8.79. The first-order valence-corrected chi connectivity index (χ1v) is 7.91. The van der Waals surface area contributed by atoms with Gasteiger partial charge in [0, 0.05) is 6.61 Å². The van der Waals surface area contributed by atoms with Crippen LogP contribution in [0.2, 0.25) is 0 Å². The van der Waals surface area contributed by atoms with Crippen LogP contribution in [0.4, 0.5) is 0 Å². The van der Waals surface area contributed by atoms with Crippen molar-refractivity contribution in [2.75, 3.05) is 13.2 Å². The van der Waals surface area contributed by atoms with E-state index in [-0.39, 0.29) is 0 Å². The molecule has 0 spiro atoms. The van der Waals surface area contributed by atoms with Gasteiger partial charge in [-0.15, -0.1) is 0 Å². The molecule has 3 N–H and O–H groups in total. The summed E-state index contributed by atoms with van der Waals surface area (Å²) in [5.74, 6) is 0.737. The van der Waals surface area contributed by atoms with Crippen molar-refractivity contribution in [1.29, 1.82) is 0 Å². The summed E-state index contributed by atoms with van der Waals surface area (Å²) < 4.78 is 0. The van der Waals surface area contributed by atoms with Gasteiger partial charge in [-0.2, -0.15) is 0 Å². The van der Waals surface area contributed by atoms with Crippen LogP contribution in [0.25, 0.3) is 6.08 Å². The van der Waals surface area contributed by atoms with Crippen LogP contribution < -0.4 is 5.73 Å². The maximum Gasteiger partial charge on any atom is 0.0431 e. The van der Waals surface area contributed by atoms with E-state index in [2.05, 4.69) is 30.3 Å². The third-order valence-electron chi connectivity index (χ3n) is 4.30. The molecular weight excluding hydrogens is 246 g/mol. The molecule has 110 valence electrons. The third-order valence-corrected chi connectivity index (χ3v) is 4.30. The standard InChI is InChI=1S/C18H27NO/c19-14-18-10-8-17(9-11-18)13-16-6-4-15(5-7-16)3-1-2-12-20/h4-7,13,18,20H,1-3,8-12,14,19H2. The Morgan fingerprint density at radius 2 is 1.80 bits per heavy atom. The van der Waals surface area contributed by atoms with E-state index in [0.29, 0.717) is 6.61 Å². The van der Waals surface area contributed by atoms with Crippen molar-refractivity contribution in [3.8, 4) is 0 Å². The van der Waals surface area contributed by atoms with Crippen LogP contribution in [-0.4, -0.2) is 18.3 Å². The number of unbranched alkanes of at least 4 members (excludes halogenated alkanes) is 1. The lowest BCUT2D eigenvalue weighted by atomic mass is 9.85. The van der Waals surface area contributed by atoms with Gasteiger partial charge in [-0.1, -0.05) is 35.9 Å². The van der Waals surface area contributed by atoms with Gasteiger partial charge in [-0.3, -0.25) is 0 Å². The highest BCUT2D eigenvalue weighted by Gasteiger charge is 2.14. The number of aliphatic hydroxyl groups is 1. The molecule has 20 heavy (non-hydrogen) atoms. The lowest BCUT2D eigenvalue weighted by Gasteiger charge is -2.22. The van der Waals surface area contributed by atoms with Gasteiger partial charge in [0.2, 0.25) is 0 Å². The molecule has 0 atom stereocenters. The molecule has 1 aliphatic rings. The first-order chi connectivity index (χ1) is 9.81. The number of rotatable bonds is 6. The Morgan fingerprint density at radius 1 is 1.10 bits per heavy atom. The quantitative estimate of drug-likeness (QED) is 0.779. The van der Waals surface area contributed by atoms with Gasteiger partial charge in [0.05, 0.1) is 0 Å². The number of aryl methyl sites for hydroxylation is 1. The number of hydrogen-bond donors (Lipinski definition) is 2. The van der Waals surface area contributed by atoms with Crippen molar-refractivity contribution in [3.05, 3.63) is 41.0 Å². The summed E-state index contributed by atoms with van der Waals surface area (Å²) >= 11 is 0. The smallest absolute Gasteiger partial charge is 0.0431 e. The van der Waals surface area contributed by atoms with E-state index < -0.39 is 0 Å². The fourth-order valence-electron chi connectivity index (χ4n) is 2.89. The van der Waals surface area contributed by atoms with Gasteiger partial charge in [-0.25, -0.2) is 0 Å². The molecule has 0 aliphatic heterocycles. The summed E-state index contributed by atoms with van der Waals surface area (Å²) in [6.07, 6.45) is 10.3. The number of allylic oxidation sites excluding steroid dienone is 1. The first-order valence-electron chi connectivity index (χ1n) is 7.91. The molecule has 0 radical (unpaired) electrons. The van der Waals surface area contributed by atoms with Crippen LogP contribution >= 0.6 is 0 Å². The molecule has 1 fully saturated rings. The zero-order valence-corrected chi connectivity index (χ0v) is 12.4. The Labute approximate surface area is 122 Å². The van der Waals surface area contributed by atoms with E-state index >= 15 is 0 Å². The molecule has 2 rings (SSSR count). The molecule has 0 heterocycles. The molecular formula is C18H27NO. The van der Waals surface area contributed by atoms with Crippen molar-refractivity contribution < 1.29 is 5.11 Å². The van der Waals surface area contributed by atoms with E-state index in [0.717, 1.165) is 31.7 Å². The number of hydrogen-bond acceptors (Lipinski definition) is 2. The average molecular weight is 273 g/mol. The number of nitrogens with two attached hydrogens (primary N) is 1. The zero-order valence-electron chi connectivity index (χ0n) is 12.4. The third kappa shape index (κ3) is 4.77. The summed E-state index contributed by atoms with van der Waals surface area (Å²) in [5.41, 5.74) is 9.99. The van der Waals surface area contributed by atoms with Crippen LogP contribution in [-0.2, 0) is 6.42 Å². The normalized spacial score (nSPS) is 19.1. The highest BCUT2D eigenvalue weighted by Crippen LogP contribution is 2.28. The van der Waals surface area contributed by atoms with Crippen molar-refractivity contribution in [2.24, 2.45) is 11.7 Å². The molecule has 0 unspecified atom stereocenters. The van der Waals surface area contributed by atoms with Gasteiger partial charge in [-0.05, 0) is 68.5 Å². The Bertz CT molecular complexity index is 412. The van der Waals surface area contributed by atoms with Crippen molar-refractivity contribution in [3.63, 3.8) is 0 Å². The second kappa shape index (κ2) is 8.23.